The van der Waals surface area contributed by atoms with Gasteiger partial charge in [0.25, 0.3) is 10.0 Å². The topological polar surface area (TPSA) is 96.0 Å². The maximum atomic E-state index is 14.0. The Morgan fingerprint density at radius 3 is 2.30 bits per heavy atom. The van der Waals surface area contributed by atoms with Crippen molar-refractivity contribution >= 4 is 43.5 Å². The summed E-state index contributed by atoms with van der Waals surface area (Å²) in [6.07, 6.45) is 1.27. The molecule has 40 heavy (non-hydrogen) atoms. The van der Waals surface area contributed by atoms with Gasteiger partial charge < -0.3 is 15.0 Å². The molecule has 0 aromatic heterocycles. The molecule has 3 aromatic rings. The van der Waals surface area contributed by atoms with Crippen molar-refractivity contribution in [2.75, 3.05) is 31.0 Å². The average molecular weight is 631 g/mol. The van der Waals surface area contributed by atoms with E-state index in [1.807, 2.05) is 44.2 Å². The maximum absolute atomic E-state index is 14.0. The molecule has 1 atom stereocenters. The number of amides is 2. The summed E-state index contributed by atoms with van der Waals surface area (Å²) in [5.41, 5.74) is 2.30. The number of sulfonamides is 1. The molecule has 0 heterocycles. The SMILES string of the molecule is CCCNC(=O)[C@@H](C)N(CCc1ccccc1)C(=O)CN(c1ccc(C)cc1)S(=O)(=O)c1ccc(OC)c(Br)c1. The second-order valence-electron chi connectivity index (χ2n) is 9.43. The monoisotopic (exact) mass is 629 g/mol. The van der Waals surface area contributed by atoms with Crippen molar-refractivity contribution in [2.24, 2.45) is 0 Å². The van der Waals surface area contributed by atoms with Crippen molar-refractivity contribution in [3.63, 3.8) is 0 Å². The van der Waals surface area contributed by atoms with Crippen molar-refractivity contribution < 1.29 is 22.7 Å². The van der Waals surface area contributed by atoms with Crippen LogP contribution in [0.2, 0.25) is 0 Å². The third-order valence-corrected chi connectivity index (χ3v) is 8.90. The molecule has 8 nitrogen and oxygen atoms in total. The Morgan fingerprint density at radius 1 is 1.02 bits per heavy atom. The van der Waals surface area contributed by atoms with E-state index >= 15 is 0 Å². The van der Waals surface area contributed by atoms with Crippen LogP contribution in [0.3, 0.4) is 0 Å². The lowest BCUT2D eigenvalue weighted by atomic mass is 10.1. The number of anilines is 1. The summed E-state index contributed by atoms with van der Waals surface area (Å²) in [5, 5.41) is 2.85. The highest BCUT2D eigenvalue weighted by atomic mass is 79.9. The molecule has 0 bridgehead atoms. The molecule has 0 spiro atoms. The molecule has 3 aromatic carbocycles. The molecule has 0 fully saturated rings. The second kappa shape index (κ2) is 14.3. The summed E-state index contributed by atoms with van der Waals surface area (Å²) < 4.78 is 34.7. The van der Waals surface area contributed by atoms with Gasteiger partial charge in [0.2, 0.25) is 11.8 Å². The van der Waals surface area contributed by atoms with Gasteiger partial charge in [-0.3, -0.25) is 13.9 Å². The lowest BCUT2D eigenvalue weighted by Crippen LogP contribution is -2.52. The second-order valence-corrected chi connectivity index (χ2v) is 12.1. The molecule has 3 rings (SSSR count). The van der Waals surface area contributed by atoms with Gasteiger partial charge in [0.1, 0.15) is 18.3 Å². The van der Waals surface area contributed by atoms with E-state index in [0.717, 1.165) is 21.9 Å². The zero-order chi connectivity index (χ0) is 29.3. The van der Waals surface area contributed by atoms with E-state index in [4.69, 9.17) is 4.74 Å². The smallest absolute Gasteiger partial charge is 0.264 e. The van der Waals surface area contributed by atoms with Crippen LogP contribution in [0.4, 0.5) is 5.69 Å². The van der Waals surface area contributed by atoms with Gasteiger partial charge in [-0.15, -0.1) is 0 Å². The standard InChI is InChI=1S/C30H36BrN3O5S/c1-5-18-32-30(36)23(3)33(19-17-24-9-7-6-8-10-24)29(35)21-34(25-13-11-22(2)12-14-25)40(37,38)26-15-16-28(39-4)27(31)20-26/h6-16,20,23H,5,17-19,21H2,1-4H3,(H,32,36)/t23-/m1/s1. The van der Waals surface area contributed by atoms with Gasteiger partial charge in [0, 0.05) is 13.1 Å². The van der Waals surface area contributed by atoms with Crippen molar-refractivity contribution in [1.29, 1.82) is 0 Å². The largest absolute Gasteiger partial charge is 0.496 e. The number of hydrogen-bond acceptors (Lipinski definition) is 5. The van der Waals surface area contributed by atoms with E-state index in [-0.39, 0.29) is 17.3 Å². The first-order chi connectivity index (χ1) is 19.1. The third-order valence-electron chi connectivity index (χ3n) is 6.51. The number of halogens is 1. The number of methoxy groups -OCH3 is 1. The summed E-state index contributed by atoms with van der Waals surface area (Å²) in [6.45, 7) is 5.77. The number of ether oxygens (including phenoxy) is 1. The fourth-order valence-corrected chi connectivity index (χ4v) is 6.27. The Balaban J connectivity index is 1.99. The van der Waals surface area contributed by atoms with Crippen LogP contribution in [-0.2, 0) is 26.0 Å². The first kappa shape index (κ1) is 31.2. The van der Waals surface area contributed by atoms with Gasteiger partial charge in [-0.1, -0.05) is 55.0 Å². The summed E-state index contributed by atoms with van der Waals surface area (Å²) in [6, 6.07) is 20.2. The molecule has 0 radical (unpaired) electrons. The molecule has 0 aliphatic rings. The van der Waals surface area contributed by atoms with Crippen LogP contribution in [0.25, 0.3) is 0 Å². The van der Waals surface area contributed by atoms with Gasteiger partial charge in [-0.2, -0.15) is 0 Å². The molecule has 0 unspecified atom stereocenters. The van der Waals surface area contributed by atoms with E-state index in [1.54, 1.807) is 37.3 Å². The van der Waals surface area contributed by atoms with Crippen LogP contribution in [0.1, 0.15) is 31.4 Å². The zero-order valence-electron chi connectivity index (χ0n) is 23.3. The molecule has 10 heteroatoms. The van der Waals surface area contributed by atoms with Gasteiger partial charge in [-0.05, 0) is 78.5 Å². The lowest BCUT2D eigenvalue weighted by Gasteiger charge is -2.32. The number of carbonyl (C=O) groups is 2. The lowest BCUT2D eigenvalue weighted by molar-refractivity contribution is -0.138. The zero-order valence-corrected chi connectivity index (χ0v) is 25.7. The number of carbonyl (C=O) groups excluding carboxylic acids is 2. The number of aryl methyl sites for hydroxylation is 1. The van der Waals surface area contributed by atoms with Crippen LogP contribution in [-0.4, -0.2) is 57.9 Å². The average Bonchev–Trinajstić information content (AvgIpc) is 2.95. The van der Waals surface area contributed by atoms with Crippen LogP contribution < -0.4 is 14.4 Å². The number of nitrogens with one attached hydrogen (secondary N) is 1. The summed E-state index contributed by atoms with van der Waals surface area (Å²) in [7, 11) is -2.68. The Labute approximate surface area is 245 Å². The molecule has 0 aliphatic heterocycles. The summed E-state index contributed by atoms with van der Waals surface area (Å²) in [4.78, 5) is 28.3. The molecule has 0 aliphatic carbocycles. The number of rotatable bonds is 13. The molecular weight excluding hydrogens is 594 g/mol. The van der Waals surface area contributed by atoms with Gasteiger partial charge in [0.05, 0.1) is 22.2 Å². The van der Waals surface area contributed by atoms with Crippen molar-refractivity contribution in [3.8, 4) is 5.75 Å². The van der Waals surface area contributed by atoms with Crippen LogP contribution >= 0.6 is 15.9 Å². The normalized spacial score (nSPS) is 11.9. The molecule has 1 N–H and O–H groups in total. The van der Waals surface area contributed by atoms with Crippen LogP contribution in [0.5, 0.6) is 5.75 Å². The molecular formula is C30H36BrN3O5S. The fourth-order valence-electron chi connectivity index (χ4n) is 4.14. The Morgan fingerprint density at radius 2 is 1.70 bits per heavy atom. The van der Waals surface area contributed by atoms with E-state index in [0.29, 0.717) is 28.9 Å². The van der Waals surface area contributed by atoms with Gasteiger partial charge >= 0.3 is 0 Å². The third kappa shape index (κ3) is 7.85. The molecule has 2 amide bonds. The number of benzene rings is 3. The highest BCUT2D eigenvalue weighted by Gasteiger charge is 2.32. The molecule has 214 valence electrons. The van der Waals surface area contributed by atoms with Crippen molar-refractivity contribution in [3.05, 3.63) is 88.4 Å². The minimum Gasteiger partial charge on any atom is -0.496 e. The summed E-state index contributed by atoms with van der Waals surface area (Å²) >= 11 is 3.36. The predicted molar refractivity (Wildman–Crippen MR) is 161 cm³/mol. The highest BCUT2D eigenvalue weighted by molar-refractivity contribution is 9.10. The molecule has 0 saturated carbocycles. The predicted octanol–water partition coefficient (Wildman–Crippen LogP) is 4.95. The fraction of sp³-hybridized carbons (Fsp3) is 0.333. The Kier molecular flexibility index (Phi) is 11.2. The number of nitrogens with zero attached hydrogens (tertiary/aromatic N) is 2. The van der Waals surface area contributed by atoms with Crippen LogP contribution in [0.15, 0.2) is 82.2 Å². The van der Waals surface area contributed by atoms with E-state index in [2.05, 4.69) is 21.2 Å². The summed E-state index contributed by atoms with van der Waals surface area (Å²) in [5.74, 6) is -0.283. The Bertz CT molecular complexity index is 1400. The highest BCUT2D eigenvalue weighted by Crippen LogP contribution is 2.31. The van der Waals surface area contributed by atoms with Gasteiger partial charge in [0.15, 0.2) is 0 Å². The van der Waals surface area contributed by atoms with Crippen LogP contribution in [0, 0.1) is 6.92 Å². The van der Waals surface area contributed by atoms with Crippen molar-refractivity contribution in [2.45, 2.75) is 44.6 Å². The minimum absolute atomic E-state index is 0.00174. The van der Waals surface area contributed by atoms with Gasteiger partial charge in [-0.25, -0.2) is 8.42 Å². The molecule has 0 saturated heterocycles. The number of hydrogen-bond donors (Lipinski definition) is 1. The minimum atomic E-state index is -4.17. The van der Waals surface area contributed by atoms with E-state index in [9.17, 15) is 18.0 Å². The van der Waals surface area contributed by atoms with Crippen molar-refractivity contribution in [1.82, 2.24) is 10.2 Å². The van der Waals surface area contributed by atoms with E-state index < -0.39 is 28.5 Å². The quantitative estimate of drug-likeness (QED) is 0.289. The maximum Gasteiger partial charge on any atom is 0.264 e. The Hall–Kier alpha value is -3.37. The van der Waals surface area contributed by atoms with E-state index in [1.165, 1.54) is 24.1 Å². The first-order valence-corrected chi connectivity index (χ1v) is 15.4. The first-order valence-electron chi connectivity index (χ1n) is 13.1.